The summed E-state index contributed by atoms with van der Waals surface area (Å²) >= 11 is 12.9. The Kier molecular flexibility index (Phi) is 8.39. The van der Waals surface area contributed by atoms with Crippen LogP contribution in [0.1, 0.15) is 57.4 Å². The Morgan fingerprint density at radius 3 is 2.44 bits per heavy atom. The number of carbonyl (C=O) groups excluding carboxylic acids is 1. The fraction of sp³-hybridized carbons (Fsp3) is 0.500. The van der Waals surface area contributed by atoms with Gasteiger partial charge in [-0.3, -0.25) is 4.79 Å². The van der Waals surface area contributed by atoms with Crippen molar-refractivity contribution in [2.75, 3.05) is 25.5 Å². The van der Waals surface area contributed by atoms with Gasteiger partial charge >= 0.3 is 0 Å². The summed E-state index contributed by atoms with van der Waals surface area (Å²) in [6, 6.07) is 8.70. The highest BCUT2D eigenvalue weighted by Crippen LogP contribution is 2.41. The molecule has 1 heterocycles. The second-order valence-electron chi connectivity index (χ2n) is 9.79. The molecule has 1 saturated carbocycles. The third-order valence-corrected chi connectivity index (χ3v) is 9.51. The summed E-state index contributed by atoms with van der Waals surface area (Å²) in [7, 11) is -1.60. The number of hydrogen-bond acceptors (Lipinski definition) is 5. The van der Waals surface area contributed by atoms with E-state index in [-0.39, 0.29) is 39.5 Å². The lowest BCUT2D eigenvalue weighted by Crippen LogP contribution is -2.42. The number of methoxy groups -OCH3 is 1. The van der Waals surface area contributed by atoms with E-state index in [9.17, 15) is 13.2 Å². The van der Waals surface area contributed by atoms with Crippen LogP contribution in [-0.4, -0.2) is 44.1 Å². The van der Waals surface area contributed by atoms with Crippen molar-refractivity contribution in [2.45, 2.75) is 57.1 Å². The van der Waals surface area contributed by atoms with Crippen LogP contribution in [-0.2, 0) is 14.8 Å². The Balaban J connectivity index is 1.40. The van der Waals surface area contributed by atoms with E-state index in [0.717, 1.165) is 37.0 Å². The molecule has 1 unspecified atom stereocenters. The smallest absolute Gasteiger partial charge is 0.224 e. The highest BCUT2D eigenvalue weighted by Gasteiger charge is 2.41. The van der Waals surface area contributed by atoms with Gasteiger partial charge in [-0.05, 0) is 67.9 Å². The van der Waals surface area contributed by atoms with Gasteiger partial charge in [-0.25, -0.2) is 12.7 Å². The molecule has 0 spiro atoms. The van der Waals surface area contributed by atoms with Gasteiger partial charge < -0.3 is 14.8 Å². The molecular weight excluding hydrogens is 523 g/mol. The van der Waals surface area contributed by atoms with E-state index in [1.807, 2.05) is 12.1 Å². The Labute approximate surface area is 223 Å². The Morgan fingerprint density at radius 2 is 1.83 bits per heavy atom. The van der Waals surface area contributed by atoms with Gasteiger partial charge in [0.25, 0.3) is 0 Å². The number of hydrogen-bond donors (Lipinski definition) is 1. The van der Waals surface area contributed by atoms with Crippen molar-refractivity contribution in [3.8, 4) is 17.2 Å². The van der Waals surface area contributed by atoms with Gasteiger partial charge in [-0.2, -0.15) is 0 Å². The van der Waals surface area contributed by atoms with E-state index in [1.165, 1.54) is 0 Å². The summed E-state index contributed by atoms with van der Waals surface area (Å²) in [6.07, 6.45) is 3.29. The number of piperidine rings is 1. The number of anilines is 1. The highest BCUT2D eigenvalue weighted by atomic mass is 35.5. The first kappa shape index (κ1) is 27.0. The van der Waals surface area contributed by atoms with E-state index in [0.29, 0.717) is 30.3 Å². The van der Waals surface area contributed by atoms with Crippen molar-refractivity contribution < 1.29 is 22.7 Å². The molecule has 1 aliphatic heterocycles. The molecule has 2 aromatic rings. The number of benzene rings is 2. The van der Waals surface area contributed by atoms with Gasteiger partial charge in [0.15, 0.2) is 5.75 Å². The lowest BCUT2D eigenvalue weighted by molar-refractivity contribution is -0.117. The van der Waals surface area contributed by atoms with Crippen molar-refractivity contribution >= 4 is 44.8 Å². The first-order chi connectivity index (χ1) is 17.1. The first-order valence-electron chi connectivity index (χ1n) is 12.2. The molecule has 0 bridgehead atoms. The van der Waals surface area contributed by atoms with Crippen LogP contribution in [0.2, 0.25) is 10.0 Å². The summed E-state index contributed by atoms with van der Waals surface area (Å²) in [5, 5.41) is 3.14. The van der Waals surface area contributed by atoms with E-state index >= 15 is 0 Å². The SMILES string of the molecule is COc1ccc(Oc2c(Cl)cc(NC(=O)CC3CCCN(S(=O)(=O)C4CC4)C3)cc2Cl)cc1C(C)C. The number of ether oxygens (including phenoxy) is 2. The fourth-order valence-corrected chi connectivity index (χ4v) is 7.07. The Hall–Kier alpha value is -2.00. The number of carbonyl (C=O) groups is 1. The molecule has 1 atom stereocenters. The molecule has 2 aliphatic rings. The summed E-state index contributed by atoms with van der Waals surface area (Å²) in [6.45, 7) is 5.06. The molecule has 1 N–H and O–H groups in total. The van der Waals surface area contributed by atoms with Gasteiger partial charge in [-0.15, -0.1) is 0 Å². The number of nitrogens with zero attached hydrogens (tertiary/aromatic N) is 1. The lowest BCUT2D eigenvalue weighted by Gasteiger charge is -2.31. The normalized spacial score (nSPS) is 18.8. The van der Waals surface area contributed by atoms with E-state index < -0.39 is 10.0 Å². The summed E-state index contributed by atoms with van der Waals surface area (Å²) in [4.78, 5) is 12.7. The maximum Gasteiger partial charge on any atom is 0.224 e. The summed E-state index contributed by atoms with van der Waals surface area (Å²) in [5.74, 6) is 1.65. The standard InChI is InChI=1S/C26H32Cl2N2O5S/c1-16(2)21-14-19(6-9-24(21)34-3)35-26-22(27)12-18(13-23(26)28)29-25(31)11-17-5-4-10-30(15-17)36(32,33)20-7-8-20/h6,9,12-14,16-17,20H,4-5,7-8,10-11,15H2,1-3H3,(H,29,31). The van der Waals surface area contributed by atoms with Gasteiger partial charge in [0.1, 0.15) is 11.5 Å². The minimum Gasteiger partial charge on any atom is -0.496 e. The quantitative estimate of drug-likeness (QED) is 0.385. The topological polar surface area (TPSA) is 84.9 Å². The van der Waals surface area contributed by atoms with E-state index in [4.69, 9.17) is 32.7 Å². The number of sulfonamides is 1. The molecule has 1 saturated heterocycles. The average molecular weight is 556 g/mol. The number of halogens is 2. The maximum absolute atomic E-state index is 12.7. The minimum atomic E-state index is -3.22. The number of amides is 1. The minimum absolute atomic E-state index is 0.0222. The molecule has 196 valence electrons. The van der Waals surface area contributed by atoms with Gasteiger partial charge in [0.05, 0.1) is 22.4 Å². The molecule has 2 aromatic carbocycles. The second kappa shape index (κ2) is 11.2. The third kappa shape index (κ3) is 6.28. The van der Waals surface area contributed by atoms with Crippen molar-refractivity contribution in [3.63, 3.8) is 0 Å². The average Bonchev–Trinajstić information content (AvgIpc) is 3.67. The molecule has 4 rings (SSSR count). The lowest BCUT2D eigenvalue weighted by atomic mass is 9.96. The van der Waals surface area contributed by atoms with Crippen molar-refractivity contribution in [3.05, 3.63) is 45.9 Å². The molecule has 7 nitrogen and oxygen atoms in total. The molecule has 0 aromatic heterocycles. The van der Waals surface area contributed by atoms with Crippen LogP contribution in [0.15, 0.2) is 30.3 Å². The first-order valence-corrected chi connectivity index (χ1v) is 14.5. The second-order valence-corrected chi connectivity index (χ2v) is 12.8. The van der Waals surface area contributed by atoms with Crippen molar-refractivity contribution in [1.82, 2.24) is 4.31 Å². The predicted octanol–water partition coefficient (Wildman–Crippen LogP) is 6.45. The van der Waals surface area contributed by atoms with Crippen LogP contribution in [0.3, 0.4) is 0 Å². The predicted molar refractivity (Wildman–Crippen MR) is 143 cm³/mol. The van der Waals surface area contributed by atoms with Gasteiger partial charge in [0, 0.05) is 30.8 Å². The zero-order valence-electron chi connectivity index (χ0n) is 20.7. The third-order valence-electron chi connectivity index (χ3n) is 6.59. The van der Waals surface area contributed by atoms with Gasteiger partial charge in [0.2, 0.25) is 15.9 Å². The molecule has 2 fully saturated rings. The van der Waals surface area contributed by atoms with Crippen LogP contribution in [0.4, 0.5) is 5.69 Å². The van der Waals surface area contributed by atoms with Crippen molar-refractivity contribution in [1.29, 1.82) is 0 Å². The molecule has 1 amide bonds. The Bertz CT molecular complexity index is 1210. The molecule has 1 aliphatic carbocycles. The van der Waals surface area contributed by atoms with Gasteiger partial charge in [-0.1, -0.05) is 37.0 Å². The summed E-state index contributed by atoms with van der Waals surface area (Å²) < 4.78 is 38.1. The molecule has 0 radical (unpaired) electrons. The van der Waals surface area contributed by atoms with E-state index in [1.54, 1.807) is 29.6 Å². The van der Waals surface area contributed by atoms with Crippen LogP contribution in [0, 0.1) is 5.92 Å². The molecular formula is C26H32Cl2N2O5S. The largest absolute Gasteiger partial charge is 0.496 e. The van der Waals surface area contributed by atoms with Crippen molar-refractivity contribution in [2.24, 2.45) is 5.92 Å². The summed E-state index contributed by atoms with van der Waals surface area (Å²) in [5.41, 5.74) is 1.45. The van der Waals surface area contributed by atoms with Crippen LogP contribution < -0.4 is 14.8 Å². The number of nitrogens with one attached hydrogen (secondary N) is 1. The van der Waals surface area contributed by atoms with Crippen LogP contribution in [0.25, 0.3) is 0 Å². The zero-order valence-corrected chi connectivity index (χ0v) is 23.0. The Morgan fingerprint density at radius 1 is 1.14 bits per heavy atom. The maximum atomic E-state index is 12.7. The van der Waals surface area contributed by atoms with Crippen LogP contribution >= 0.6 is 23.2 Å². The highest BCUT2D eigenvalue weighted by molar-refractivity contribution is 7.90. The fourth-order valence-electron chi connectivity index (χ4n) is 4.55. The van der Waals surface area contributed by atoms with Crippen LogP contribution in [0.5, 0.6) is 17.2 Å². The number of rotatable bonds is 9. The molecule has 10 heteroatoms. The van der Waals surface area contributed by atoms with E-state index in [2.05, 4.69) is 19.2 Å². The molecule has 36 heavy (non-hydrogen) atoms. The monoisotopic (exact) mass is 554 g/mol. The zero-order chi connectivity index (χ0) is 26.0.